The molecule has 0 saturated heterocycles. The molecule has 1 aliphatic rings. The van der Waals surface area contributed by atoms with Crippen LogP contribution < -0.4 is 4.90 Å². The predicted octanol–water partition coefficient (Wildman–Crippen LogP) is 18.1. The summed E-state index contributed by atoms with van der Waals surface area (Å²) in [4.78, 5) is 2.47. The van der Waals surface area contributed by atoms with E-state index < -0.39 is 5.41 Å². The molecule has 11 aromatic carbocycles. The molecule has 0 N–H and O–H groups in total. The molecule has 13 rings (SSSR count). The molecular weight excluding hydrogens is 835 g/mol. The standard InChI is InChI=1S/C67H45NO/c1-4-20-46(21-5-1)47-38-40-48(41-39-47)53-26-11-15-34-61(53)68(52-44-42-49(43-45-52)54-30-19-37-64-66(54)58-29-13-17-36-63(58)69-64)62-35-16-12-27-55(62)56-31-18-33-60-65(56)57-28-10-14-32-59(57)67(60,50-22-6-2-7-23-50)51-24-8-3-9-25-51/h1-45H. The van der Waals surface area contributed by atoms with Gasteiger partial charge >= 0.3 is 0 Å². The molecule has 1 aliphatic carbocycles. The van der Waals surface area contributed by atoms with Gasteiger partial charge in [0.15, 0.2) is 0 Å². The van der Waals surface area contributed by atoms with E-state index in [2.05, 4.69) is 266 Å². The molecule has 12 aromatic rings. The number of hydrogen-bond acceptors (Lipinski definition) is 2. The minimum Gasteiger partial charge on any atom is -0.456 e. The summed E-state index contributed by atoms with van der Waals surface area (Å²) in [5.74, 6) is 0. The van der Waals surface area contributed by atoms with Crippen LogP contribution >= 0.6 is 0 Å². The number of anilines is 3. The lowest BCUT2D eigenvalue weighted by Crippen LogP contribution is -2.28. The molecule has 2 heteroatoms. The molecule has 0 unspecified atom stereocenters. The highest BCUT2D eigenvalue weighted by atomic mass is 16.3. The van der Waals surface area contributed by atoms with Gasteiger partial charge in [0, 0.05) is 27.6 Å². The maximum Gasteiger partial charge on any atom is 0.136 e. The molecule has 0 atom stereocenters. The predicted molar refractivity (Wildman–Crippen MR) is 287 cm³/mol. The Bertz CT molecular complexity index is 3780. The number of benzene rings is 11. The zero-order valence-corrected chi connectivity index (χ0v) is 37.8. The number of furan rings is 1. The molecule has 1 heterocycles. The smallest absolute Gasteiger partial charge is 0.136 e. The Labute approximate surface area is 402 Å². The zero-order chi connectivity index (χ0) is 45.7. The summed E-state index contributed by atoms with van der Waals surface area (Å²) in [6.07, 6.45) is 0. The first-order chi connectivity index (χ1) is 34.3. The number of rotatable bonds is 9. The molecular formula is C67H45NO. The van der Waals surface area contributed by atoms with E-state index in [1.807, 2.05) is 12.1 Å². The van der Waals surface area contributed by atoms with Crippen LogP contribution in [0.2, 0.25) is 0 Å². The molecule has 0 aliphatic heterocycles. The summed E-state index contributed by atoms with van der Waals surface area (Å²) in [5.41, 5.74) is 21.4. The molecule has 69 heavy (non-hydrogen) atoms. The van der Waals surface area contributed by atoms with Crippen LogP contribution in [0.15, 0.2) is 277 Å². The second kappa shape index (κ2) is 16.7. The summed E-state index contributed by atoms with van der Waals surface area (Å²) in [6, 6.07) is 99.3. The van der Waals surface area contributed by atoms with E-state index in [1.54, 1.807) is 0 Å². The van der Waals surface area contributed by atoms with Crippen LogP contribution in [-0.4, -0.2) is 0 Å². The Balaban J connectivity index is 1.03. The van der Waals surface area contributed by atoms with Gasteiger partial charge in [-0.15, -0.1) is 0 Å². The normalized spacial score (nSPS) is 12.5. The van der Waals surface area contributed by atoms with Crippen molar-refractivity contribution in [2.24, 2.45) is 0 Å². The van der Waals surface area contributed by atoms with E-state index in [1.165, 1.54) is 50.1 Å². The molecule has 0 fully saturated rings. The van der Waals surface area contributed by atoms with Crippen LogP contribution in [0, 0.1) is 0 Å². The number of nitrogens with zero attached hydrogens (tertiary/aromatic N) is 1. The van der Waals surface area contributed by atoms with Crippen molar-refractivity contribution in [3.05, 3.63) is 295 Å². The van der Waals surface area contributed by atoms with Gasteiger partial charge in [-0.3, -0.25) is 0 Å². The third kappa shape index (κ3) is 6.56. The van der Waals surface area contributed by atoms with Gasteiger partial charge in [-0.2, -0.15) is 0 Å². The van der Waals surface area contributed by atoms with Gasteiger partial charge in [0.25, 0.3) is 0 Å². The van der Waals surface area contributed by atoms with Crippen LogP contribution in [0.5, 0.6) is 0 Å². The van der Waals surface area contributed by atoms with Gasteiger partial charge < -0.3 is 9.32 Å². The van der Waals surface area contributed by atoms with Crippen molar-refractivity contribution < 1.29 is 4.42 Å². The molecule has 1 aromatic heterocycles. The first-order valence-corrected chi connectivity index (χ1v) is 23.8. The SMILES string of the molecule is c1ccc(-c2ccc(-c3ccccc3N(c3ccc(-c4cccc5oc6ccccc6c45)cc3)c3ccccc3-c3cccc4c3-c3ccccc3C4(c3ccccc3)c3ccccc3)cc2)cc1. The van der Waals surface area contributed by atoms with Crippen molar-refractivity contribution in [3.8, 4) is 55.6 Å². The molecule has 2 nitrogen and oxygen atoms in total. The Hall–Kier alpha value is -8.98. The Morgan fingerprint density at radius 3 is 1.48 bits per heavy atom. The number of fused-ring (bicyclic) bond motifs is 6. The summed E-state index contributed by atoms with van der Waals surface area (Å²) in [7, 11) is 0. The molecule has 0 amide bonds. The van der Waals surface area contributed by atoms with Crippen molar-refractivity contribution in [3.63, 3.8) is 0 Å². The van der Waals surface area contributed by atoms with E-state index in [0.29, 0.717) is 0 Å². The average Bonchev–Trinajstić information content (AvgIpc) is 3.97. The summed E-state index contributed by atoms with van der Waals surface area (Å²) >= 11 is 0. The highest BCUT2D eigenvalue weighted by Gasteiger charge is 2.47. The monoisotopic (exact) mass is 879 g/mol. The largest absolute Gasteiger partial charge is 0.456 e. The summed E-state index contributed by atoms with van der Waals surface area (Å²) < 4.78 is 6.34. The quantitative estimate of drug-likeness (QED) is 0.144. The second-order valence-corrected chi connectivity index (χ2v) is 17.9. The molecule has 0 radical (unpaired) electrons. The van der Waals surface area contributed by atoms with Crippen LogP contribution in [0.3, 0.4) is 0 Å². The first kappa shape index (κ1) is 40.3. The van der Waals surface area contributed by atoms with Gasteiger partial charge in [0.1, 0.15) is 11.2 Å². The molecule has 324 valence electrons. The Kier molecular flexibility index (Phi) is 9.77. The van der Waals surface area contributed by atoms with Gasteiger partial charge in [-0.1, -0.05) is 237 Å². The topological polar surface area (TPSA) is 16.4 Å². The van der Waals surface area contributed by atoms with Gasteiger partial charge in [0.05, 0.1) is 16.8 Å². The Morgan fingerprint density at radius 1 is 0.290 bits per heavy atom. The lowest BCUT2D eigenvalue weighted by molar-refractivity contribution is 0.669. The molecule has 0 bridgehead atoms. The van der Waals surface area contributed by atoms with Crippen molar-refractivity contribution in [1.29, 1.82) is 0 Å². The summed E-state index contributed by atoms with van der Waals surface area (Å²) in [5, 5.41) is 2.25. The second-order valence-electron chi connectivity index (χ2n) is 17.9. The summed E-state index contributed by atoms with van der Waals surface area (Å²) in [6.45, 7) is 0. The fourth-order valence-corrected chi connectivity index (χ4v) is 11.2. The van der Waals surface area contributed by atoms with E-state index in [0.717, 1.165) is 66.8 Å². The van der Waals surface area contributed by atoms with Gasteiger partial charge in [0.2, 0.25) is 0 Å². The molecule has 0 spiro atoms. The van der Waals surface area contributed by atoms with Gasteiger partial charge in [-0.05, 0) is 103 Å². The zero-order valence-electron chi connectivity index (χ0n) is 37.8. The van der Waals surface area contributed by atoms with Crippen molar-refractivity contribution >= 4 is 39.0 Å². The maximum atomic E-state index is 6.34. The van der Waals surface area contributed by atoms with Gasteiger partial charge in [-0.25, -0.2) is 0 Å². The minimum absolute atomic E-state index is 0.517. The number of para-hydroxylation sites is 3. The first-order valence-electron chi connectivity index (χ1n) is 23.8. The molecule has 0 saturated carbocycles. The van der Waals surface area contributed by atoms with Crippen LogP contribution in [0.25, 0.3) is 77.6 Å². The van der Waals surface area contributed by atoms with Crippen molar-refractivity contribution in [2.75, 3.05) is 4.90 Å². The van der Waals surface area contributed by atoms with Crippen molar-refractivity contribution in [2.45, 2.75) is 5.41 Å². The minimum atomic E-state index is -0.517. The third-order valence-electron chi connectivity index (χ3n) is 14.2. The van der Waals surface area contributed by atoms with Crippen molar-refractivity contribution in [1.82, 2.24) is 0 Å². The fourth-order valence-electron chi connectivity index (χ4n) is 11.2. The highest BCUT2D eigenvalue weighted by Crippen LogP contribution is 2.59. The van der Waals surface area contributed by atoms with Crippen LogP contribution in [-0.2, 0) is 5.41 Å². The van der Waals surface area contributed by atoms with Crippen LogP contribution in [0.4, 0.5) is 17.1 Å². The lowest BCUT2D eigenvalue weighted by atomic mass is 9.67. The third-order valence-corrected chi connectivity index (χ3v) is 14.2. The van der Waals surface area contributed by atoms with E-state index in [-0.39, 0.29) is 0 Å². The fraction of sp³-hybridized carbons (Fsp3) is 0.0149. The maximum absolute atomic E-state index is 6.34. The number of hydrogen-bond donors (Lipinski definition) is 0. The Morgan fingerprint density at radius 2 is 0.754 bits per heavy atom. The van der Waals surface area contributed by atoms with E-state index in [4.69, 9.17) is 4.42 Å². The average molecular weight is 880 g/mol. The van der Waals surface area contributed by atoms with E-state index >= 15 is 0 Å². The lowest BCUT2D eigenvalue weighted by Gasteiger charge is -2.34. The van der Waals surface area contributed by atoms with Crippen LogP contribution in [0.1, 0.15) is 22.3 Å². The van der Waals surface area contributed by atoms with E-state index in [9.17, 15) is 0 Å². The highest BCUT2D eigenvalue weighted by molar-refractivity contribution is 6.12.